The van der Waals surface area contributed by atoms with E-state index in [2.05, 4.69) is 163 Å². The Morgan fingerprint density at radius 1 is 0.292 bits per heavy atom. The third-order valence-corrected chi connectivity index (χ3v) is 9.85. The maximum atomic E-state index is 5.15. The quantitative estimate of drug-likeness (QED) is 0.187. The lowest BCUT2D eigenvalue weighted by Crippen LogP contribution is -1.90. The number of pyridine rings is 2. The van der Waals surface area contributed by atoms with Crippen LogP contribution in [-0.4, -0.2) is 9.97 Å². The molecule has 2 heteroatoms. The van der Waals surface area contributed by atoms with E-state index in [0.29, 0.717) is 0 Å². The van der Waals surface area contributed by atoms with Gasteiger partial charge in [-0.25, -0.2) is 4.98 Å². The highest BCUT2D eigenvalue weighted by molar-refractivity contribution is 6.26. The molecular weight excluding hydrogens is 581 g/mol. The molecule has 222 valence electrons. The van der Waals surface area contributed by atoms with E-state index < -0.39 is 0 Å². The van der Waals surface area contributed by atoms with Crippen molar-refractivity contribution in [3.8, 4) is 33.5 Å². The van der Waals surface area contributed by atoms with E-state index in [9.17, 15) is 0 Å². The summed E-state index contributed by atoms with van der Waals surface area (Å²) in [6.45, 7) is 0. The lowest BCUT2D eigenvalue weighted by molar-refractivity contribution is 1.37. The van der Waals surface area contributed by atoms with Crippen molar-refractivity contribution in [2.75, 3.05) is 0 Å². The Labute approximate surface area is 277 Å². The number of rotatable bonds is 3. The SMILES string of the molecule is c1ccc(-c2ccc3cc(-c4ccc5c6ccc(-c7ccc8ccc9cccnc9c8n7)cc6c6ccccc6c5c4)ccc3c2)cc1. The van der Waals surface area contributed by atoms with Crippen molar-refractivity contribution >= 4 is 64.9 Å². The van der Waals surface area contributed by atoms with Crippen molar-refractivity contribution in [3.63, 3.8) is 0 Å². The maximum absolute atomic E-state index is 5.15. The molecule has 0 spiro atoms. The third-order valence-electron chi connectivity index (χ3n) is 9.85. The standard InChI is InChI=1S/C46H28N2/c1-2-7-29(8-3-1)32-14-15-34-26-35(17-16-33(34)25-32)36-18-21-40-41-22-19-37(28-43(41)39-11-5-4-10-38(39)42(40)27-36)44-23-20-31-13-12-30-9-6-24-47-45(30)46(31)48-44/h1-28H. The molecule has 2 aromatic heterocycles. The van der Waals surface area contributed by atoms with E-state index in [4.69, 9.17) is 4.98 Å². The lowest BCUT2D eigenvalue weighted by Gasteiger charge is -2.14. The fourth-order valence-corrected chi connectivity index (χ4v) is 7.42. The lowest BCUT2D eigenvalue weighted by atomic mass is 9.90. The van der Waals surface area contributed by atoms with Crippen LogP contribution < -0.4 is 0 Å². The average Bonchev–Trinajstić information content (AvgIpc) is 3.17. The molecule has 0 bridgehead atoms. The van der Waals surface area contributed by atoms with Gasteiger partial charge in [-0.15, -0.1) is 0 Å². The zero-order valence-electron chi connectivity index (χ0n) is 26.1. The van der Waals surface area contributed by atoms with Crippen LogP contribution in [0, 0.1) is 0 Å². The van der Waals surface area contributed by atoms with Gasteiger partial charge >= 0.3 is 0 Å². The molecule has 0 aliphatic carbocycles. The Morgan fingerprint density at radius 3 is 1.54 bits per heavy atom. The summed E-state index contributed by atoms with van der Waals surface area (Å²) in [6.07, 6.45) is 1.84. The first-order valence-electron chi connectivity index (χ1n) is 16.4. The highest BCUT2D eigenvalue weighted by atomic mass is 14.7. The van der Waals surface area contributed by atoms with Gasteiger partial charge < -0.3 is 0 Å². The van der Waals surface area contributed by atoms with Crippen LogP contribution in [0.4, 0.5) is 0 Å². The van der Waals surface area contributed by atoms with Crippen LogP contribution in [0.25, 0.3) is 98.4 Å². The van der Waals surface area contributed by atoms with Crippen LogP contribution in [0.2, 0.25) is 0 Å². The summed E-state index contributed by atoms with van der Waals surface area (Å²) in [4.78, 5) is 9.81. The predicted octanol–water partition coefficient (Wildman–Crippen LogP) is 12.4. The van der Waals surface area contributed by atoms with Crippen molar-refractivity contribution in [2.45, 2.75) is 0 Å². The van der Waals surface area contributed by atoms with Gasteiger partial charge in [0.25, 0.3) is 0 Å². The van der Waals surface area contributed by atoms with E-state index >= 15 is 0 Å². The molecule has 0 saturated carbocycles. The highest BCUT2D eigenvalue weighted by Crippen LogP contribution is 2.39. The molecule has 0 aliphatic heterocycles. The van der Waals surface area contributed by atoms with Crippen molar-refractivity contribution in [1.29, 1.82) is 0 Å². The van der Waals surface area contributed by atoms with Crippen LogP contribution in [0.5, 0.6) is 0 Å². The smallest absolute Gasteiger partial charge is 0.0972 e. The second-order valence-corrected chi connectivity index (χ2v) is 12.6. The average molecular weight is 609 g/mol. The van der Waals surface area contributed by atoms with Crippen LogP contribution in [-0.2, 0) is 0 Å². The first kappa shape index (κ1) is 26.8. The number of hydrogen-bond donors (Lipinski definition) is 0. The fraction of sp³-hybridized carbons (Fsp3) is 0. The molecule has 0 saturated heterocycles. The van der Waals surface area contributed by atoms with Crippen LogP contribution in [0.1, 0.15) is 0 Å². The number of hydrogen-bond acceptors (Lipinski definition) is 2. The molecule has 0 N–H and O–H groups in total. The van der Waals surface area contributed by atoms with Gasteiger partial charge in [-0.2, -0.15) is 0 Å². The Morgan fingerprint density at radius 2 is 0.812 bits per heavy atom. The number of nitrogens with zero attached hydrogens (tertiary/aromatic N) is 2. The molecule has 0 amide bonds. The monoisotopic (exact) mass is 608 g/mol. The Bertz CT molecular complexity index is 2870. The van der Waals surface area contributed by atoms with E-state index in [1.54, 1.807) is 0 Å². The molecule has 8 aromatic carbocycles. The molecule has 10 rings (SSSR count). The molecule has 2 heterocycles. The molecule has 0 fully saturated rings. The topological polar surface area (TPSA) is 25.8 Å². The van der Waals surface area contributed by atoms with Gasteiger partial charge in [-0.1, -0.05) is 127 Å². The Kier molecular flexibility index (Phi) is 5.91. The minimum Gasteiger partial charge on any atom is -0.254 e. The first-order valence-corrected chi connectivity index (χ1v) is 16.4. The maximum Gasteiger partial charge on any atom is 0.0972 e. The van der Waals surface area contributed by atoms with Gasteiger partial charge in [0.15, 0.2) is 0 Å². The number of benzene rings is 8. The summed E-state index contributed by atoms with van der Waals surface area (Å²) in [7, 11) is 0. The van der Waals surface area contributed by atoms with E-state index in [1.165, 1.54) is 65.3 Å². The van der Waals surface area contributed by atoms with Gasteiger partial charge in [0.05, 0.1) is 16.7 Å². The Hall–Kier alpha value is -6.38. The van der Waals surface area contributed by atoms with Gasteiger partial charge in [-0.3, -0.25) is 4.98 Å². The largest absolute Gasteiger partial charge is 0.254 e. The second-order valence-electron chi connectivity index (χ2n) is 12.6. The van der Waals surface area contributed by atoms with Crippen molar-refractivity contribution in [2.24, 2.45) is 0 Å². The zero-order valence-corrected chi connectivity index (χ0v) is 26.1. The fourth-order valence-electron chi connectivity index (χ4n) is 7.42. The van der Waals surface area contributed by atoms with Crippen LogP contribution in [0.15, 0.2) is 170 Å². The van der Waals surface area contributed by atoms with Gasteiger partial charge in [0, 0.05) is 22.5 Å². The molecule has 0 atom stereocenters. The minimum absolute atomic E-state index is 0.937. The summed E-state index contributed by atoms with van der Waals surface area (Å²) in [5.74, 6) is 0. The summed E-state index contributed by atoms with van der Waals surface area (Å²) >= 11 is 0. The molecule has 0 radical (unpaired) electrons. The van der Waals surface area contributed by atoms with Crippen molar-refractivity contribution < 1.29 is 0 Å². The van der Waals surface area contributed by atoms with Crippen LogP contribution in [0.3, 0.4) is 0 Å². The number of fused-ring (bicyclic) bond motifs is 10. The molecule has 48 heavy (non-hydrogen) atoms. The molecule has 2 nitrogen and oxygen atoms in total. The summed E-state index contributed by atoms with van der Waals surface area (Å²) in [6, 6.07) is 59.3. The molecular formula is C46H28N2. The zero-order chi connectivity index (χ0) is 31.6. The number of aromatic nitrogens is 2. The minimum atomic E-state index is 0.937. The molecule has 0 unspecified atom stereocenters. The van der Waals surface area contributed by atoms with Gasteiger partial charge in [0.2, 0.25) is 0 Å². The molecule has 10 aromatic rings. The van der Waals surface area contributed by atoms with Crippen molar-refractivity contribution in [1.82, 2.24) is 9.97 Å². The van der Waals surface area contributed by atoms with E-state index in [-0.39, 0.29) is 0 Å². The first-order chi connectivity index (χ1) is 23.8. The normalized spacial score (nSPS) is 11.8. The van der Waals surface area contributed by atoms with Crippen LogP contribution >= 0.6 is 0 Å². The van der Waals surface area contributed by atoms with E-state index in [1.807, 2.05) is 12.3 Å². The molecule has 0 aliphatic rings. The van der Waals surface area contributed by atoms with E-state index in [0.717, 1.165) is 33.1 Å². The summed E-state index contributed by atoms with van der Waals surface area (Å²) in [5.41, 5.74) is 8.85. The Balaban J connectivity index is 1.10. The summed E-state index contributed by atoms with van der Waals surface area (Å²) in [5, 5.41) is 12.2. The second kappa shape index (κ2) is 10.6. The van der Waals surface area contributed by atoms with Crippen molar-refractivity contribution in [3.05, 3.63) is 170 Å². The third kappa shape index (κ3) is 4.27. The van der Waals surface area contributed by atoms with Gasteiger partial charge in [-0.05, 0) is 102 Å². The predicted molar refractivity (Wildman–Crippen MR) is 203 cm³/mol. The highest BCUT2D eigenvalue weighted by Gasteiger charge is 2.13. The van der Waals surface area contributed by atoms with Gasteiger partial charge in [0.1, 0.15) is 0 Å². The summed E-state index contributed by atoms with van der Waals surface area (Å²) < 4.78 is 0.